The van der Waals surface area contributed by atoms with Crippen LogP contribution in [-0.4, -0.2) is 17.7 Å². The molecule has 1 aliphatic heterocycles. The molecular formula is C12H20N2. The molecule has 0 aliphatic carbocycles. The fourth-order valence-corrected chi connectivity index (χ4v) is 2.51. The fourth-order valence-electron chi connectivity index (χ4n) is 2.51. The van der Waals surface area contributed by atoms with Crippen molar-refractivity contribution in [2.45, 2.75) is 39.2 Å². The molecule has 1 aromatic heterocycles. The van der Waals surface area contributed by atoms with Crippen LogP contribution in [0.25, 0.3) is 0 Å². The zero-order valence-electron chi connectivity index (χ0n) is 9.21. The minimum Gasteiger partial charge on any atom is -0.346 e. The van der Waals surface area contributed by atoms with Crippen LogP contribution >= 0.6 is 0 Å². The van der Waals surface area contributed by atoms with Crippen molar-refractivity contribution in [1.82, 2.24) is 9.88 Å². The van der Waals surface area contributed by atoms with Gasteiger partial charge in [0.25, 0.3) is 0 Å². The smallest absolute Gasteiger partial charge is 0.0348 e. The topological polar surface area (TPSA) is 17.0 Å². The van der Waals surface area contributed by atoms with Gasteiger partial charge in [-0.2, -0.15) is 0 Å². The van der Waals surface area contributed by atoms with Crippen LogP contribution in [0.5, 0.6) is 0 Å². The molecule has 1 atom stereocenters. The Balaban J connectivity index is 2.19. The van der Waals surface area contributed by atoms with Crippen molar-refractivity contribution < 1.29 is 0 Å². The molecule has 14 heavy (non-hydrogen) atoms. The monoisotopic (exact) mass is 192 g/mol. The molecule has 1 unspecified atom stereocenters. The number of nitrogens with zero attached hydrogens (tertiary/aromatic N) is 1. The summed E-state index contributed by atoms with van der Waals surface area (Å²) in [6.45, 7) is 6.79. The Kier molecular flexibility index (Phi) is 2.92. The van der Waals surface area contributed by atoms with Crippen LogP contribution in [-0.2, 0) is 0 Å². The normalized spacial score (nSPS) is 23.4. The molecule has 1 aromatic rings. The van der Waals surface area contributed by atoms with Crippen molar-refractivity contribution in [2.75, 3.05) is 13.1 Å². The molecule has 2 rings (SSSR count). The maximum atomic E-state index is 3.46. The summed E-state index contributed by atoms with van der Waals surface area (Å²) in [6.07, 6.45) is 3.90. The van der Waals surface area contributed by atoms with Gasteiger partial charge in [-0.25, -0.2) is 0 Å². The molecular weight excluding hydrogens is 172 g/mol. The van der Waals surface area contributed by atoms with E-state index in [1.54, 1.807) is 0 Å². The SMILES string of the molecule is Cc1ccc(C)n1C1CCCNCC1. The number of nitrogens with one attached hydrogen (secondary N) is 1. The van der Waals surface area contributed by atoms with Gasteiger partial charge in [-0.15, -0.1) is 0 Å². The molecule has 1 fully saturated rings. The van der Waals surface area contributed by atoms with Gasteiger partial charge < -0.3 is 9.88 Å². The lowest BCUT2D eigenvalue weighted by Crippen LogP contribution is -2.16. The van der Waals surface area contributed by atoms with E-state index in [0.717, 1.165) is 6.04 Å². The van der Waals surface area contributed by atoms with Crippen molar-refractivity contribution in [2.24, 2.45) is 0 Å². The molecule has 0 saturated carbocycles. The summed E-state index contributed by atoms with van der Waals surface area (Å²) in [5.74, 6) is 0. The highest BCUT2D eigenvalue weighted by atomic mass is 15.0. The number of hydrogen-bond acceptors (Lipinski definition) is 1. The van der Waals surface area contributed by atoms with Gasteiger partial charge in [0, 0.05) is 17.4 Å². The first kappa shape index (κ1) is 9.78. The second-order valence-electron chi connectivity index (χ2n) is 4.32. The van der Waals surface area contributed by atoms with Gasteiger partial charge in [0.1, 0.15) is 0 Å². The Morgan fingerprint density at radius 1 is 1.14 bits per heavy atom. The summed E-state index contributed by atoms with van der Waals surface area (Å²) >= 11 is 0. The van der Waals surface area contributed by atoms with E-state index < -0.39 is 0 Å². The first-order valence-corrected chi connectivity index (χ1v) is 5.64. The molecule has 0 aromatic carbocycles. The van der Waals surface area contributed by atoms with Crippen LogP contribution in [0.2, 0.25) is 0 Å². The summed E-state index contributed by atoms with van der Waals surface area (Å²) in [4.78, 5) is 0. The van der Waals surface area contributed by atoms with Crippen molar-refractivity contribution >= 4 is 0 Å². The third kappa shape index (κ3) is 1.85. The lowest BCUT2D eigenvalue weighted by molar-refractivity contribution is 0.441. The summed E-state index contributed by atoms with van der Waals surface area (Å²) in [6, 6.07) is 5.18. The number of aromatic nitrogens is 1. The maximum Gasteiger partial charge on any atom is 0.0348 e. The quantitative estimate of drug-likeness (QED) is 0.723. The van der Waals surface area contributed by atoms with Crippen LogP contribution in [0.1, 0.15) is 36.7 Å². The number of hydrogen-bond donors (Lipinski definition) is 1. The second-order valence-corrected chi connectivity index (χ2v) is 4.32. The van der Waals surface area contributed by atoms with Gasteiger partial charge >= 0.3 is 0 Å². The van der Waals surface area contributed by atoms with Gasteiger partial charge in [0.05, 0.1) is 0 Å². The first-order valence-electron chi connectivity index (χ1n) is 5.64. The molecule has 1 aliphatic rings. The third-order valence-electron chi connectivity index (χ3n) is 3.24. The summed E-state index contributed by atoms with van der Waals surface area (Å²) < 4.78 is 2.51. The predicted octanol–water partition coefficient (Wildman–Crippen LogP) is 2.42. The van der Waals surface area contributed by atoms with Gasteiger partial charge in [0.2, 0.25) is 0 Å². The van der Waals surface area contributed by atoms with Crippen molar-refractivity contribution in [3.8, 4) is 0 Å². The molecule has 2 heteroatoms. The molecule has 1 N–H and O–H groups in total. The molecule has 0 amide bonds. The highest BCUT2D eigenvalue weighted by molar-refractivity contribution is 5.15. The summed E-state index contributed by atoms with van der Waals surface area (Å²) in [5.41, 5.74) is 2.82. The van der Waals surface area contributed by atoms with Gasteiger partial charge in [-0.3, -0.25) is 0 Å². The highest BCUT2D eigenvalue weighted by Gasteiger charge is 2.15. The molecule has 78 valence electrons. The zero-order chi connectivity index (χ0) is 9.97. The van der Waals surface area contributed by atoms with E-state index in [1.165, 1.54) is 43.7 Å². The standard InChI is InChI=1S/C12H20N2/c1-10-5-6-11(2)14(10)12-4-3-8-13-9-7-12/h5-6,12-13H,3-4,7-9H2,1-2H3. The Bertz CT molecular complexity index is 274. The Morgan fingerprint density at radius 3 is 2.57 bits per heavy atom. The number of rotatable bonds is 1. The van der Waals surface area contributed by atoms with Crippen LogP contribution in [0.15, 0.2) is 12.1 Å². The van der Waals surface area contributed by atoms with Crippen LogP contribution in [0, 0.1) is 13.8 Å². The van der Waals surface area contributed by atoms with E-state index in [1.807, 2.05) is 0 Å². The Labute approximate surface area is 86.3 Å². The average Bonchev–Trinajstić information content (AvgIpc) is 2.45. The van der Waals surface area contributed by atoms with E-state index in [-0.39, 0.29) is 0 Å². The van der Waals surface area contributed by atoms with E-state index in [4.69, 9.17) is 0 Å². The summed E-state index contributed by atoms with van der Waals surface area (Å²) in [7, 11) is 0. The largest absolute Gasteiger partial charge is 0.346 e. The maximum absolute atomic E-state index is 3.46. The summed E-state index contributed by atoms with van der Waals surface area (Å²) in [5, 5.41) is 3.46. The van der Waals surface area contributed by atoms with E-state index in [2.05, 4.69) is 35.9 Å². The Morgan fingerprint density at radius 2 is 1.86 bits per heavy atom. The van der Waals surface area contributed by atoms with Gasteiger partial charge in [-0.1, -0.05) is 0 Å². The van der Waals surface area contributed by atoms with Crippen LogP contribution in [0.3, 0.4) is 0 Å². The van der Waals surface area contributed by atoms with Crippen molar-refractivity contribution in [3.63, 3.8) is 0 Å². The minimum absolute atomic E-state index is 0.722. The molecule has 2 heterocycles. The van der Waals surface area contributed by atoms with E-state index in [0.29, 0.717) is 0 Å². The van der Waals surface area contributed by atoms with Crippen LogP contribution < -0.4 is 5.32 Å². The fraction of sp³-hybridized carbons (Fsp3) is 0.667. The van der Waals surface area contributed by atoms with E-state index in [9.17, 15) is 0 Å². The second kappa shape index (κ2) is 4.18. The molecule has 0 radical (unpaired) electrons. The van der Waals surface area contributed by atoms with Gasteiger partial charge in [-0.05, 0) is 58.3 Å². The van der Waals surface area contributed by atoms with Gasteiger partial charge in [0.15, 0.2) is 0 Å². The average molecular weight is 192 g/mol. The van der Waals surface area contributed by atoms with Crippen LogP contribution in [0.4, 0.5) is 0 Å². The Hall–Kier alpha value is -0.760. The van der Waals surface area contributed by atoms with E-state index >= 15 is 0 Å². The lowest BCUT2D eigenvalue weighted by Gasteiger charge is -2.20. The minimum atomic E-state index is 0.722. The zero-order valence-corrected chi connectivity index (χ0v) is 9.21. The van der Waals surface area contributed by atoms with Crippen molar-refractivity contribution in [3.05, 3.63) is 23.5 Å². The number of aryl methyl sites for hydroxylation is 2. The third-order valence-corrected chi connectivity index (χ3v) is 3.24. The lowest BCUT2D eigenvalue weighted by atomic mass is 10.1. The first-order chi connectivity index (χ1) is 6.79. The predicted molar refractivity (Wildman–Crippen MR) is 59.7 cm³/mol. The molecule has 1 saturated heterocycles. The molecule has 0 bridgehead atoms. The van der Waals surface area contributed by atoms with Crippen molar-refractivity contribution in [1.29, 1.82) is 0 Å². The molecule has 2 nitrogen and oxygen atoms in total. The molecule has 0 spiro atoms. The highest BCUT2D eigenvalue weighted by Crippen LogP contribution is 2.24.